The molecule has 0 bridgehead atoms. The minimum atomic E-state index is 0.0887. The van der Waals surface area contributed by atoms with Crippen molar-refractivity contribution in [3.63, 3.8) is 0 Å². The zero-order valence-electron chi connectivity index (χ0n) is 9.60. The molecule has 0 spiro atoms. The van der Waals surface area contributed by atoms with Crippen LogP contribution in [0.1, 0.15) is 17.4 Å². The summed E-state index contributed by atoms with van der Waals surface area (Å²) in [5.41, 5.74) is 4.04. The highest BCUT2D eigenvalue weighted by Gasteiger charge is 2.13. The number of benzene rings is 1. The predicted molar refractivity (Wildman–Crippen MR) is 76.1 cm³/mol. The standard InChI is InChI=1S/C12H15IN4/c1-17-6-5-15-12(17)8-11(16-14)9-3-2-4-10(13)7-9/h2-7,11,16H,8,14H2,1H3. The van der Waals surface area contributed by atoms with Crippen LogP contribution >= 0.6 is 22.6 Å². The predicted octanol–water partition coefficient (Wildman–Crippen LogP) is 1.77. The number of nitrogens with one attached hydrogen (secondary N) is 1. The molecular formula is C12H15IN4. The van der Waals surface area contributed by atoms with E-state index in [-0.39, 0.29) is 6.04 Å². The fourth-order valence-corrected chi connectivity index (χ4v) is 2.34. The second-order valence-corrected chi connectivity index (χ2v) is 5.18. The number of nitrogens with zero attached hydrogens (tertiary/aromatic N) is 2. The minimum Gasteiger partial charge on any atom is -0.338 e. The lowest BCUT2D eigenvalue weighted by atomic mass is 10.0. The van der Waals surface area contributed by atoms with Crippen LogP contribution in [0.5, 0.6) is 0 Å². The maximum absolute atomic E-state index is 5.63. The van der Waals surface area contributed by atoms with Gasteiger partial charge >= 0.3 is 0 Å². The molecule has 3 N–H and O–H groups in total. The van der Waals surface area contributed by atoms with Gasteiger partial charge in [-0.3, -0.25) is 11.3 Å². The van der Waals surface area contributed by atoms with Gasteiger partial charge in [0.15, 0.2) is 0 Å². The van der Waals surface area contributed by atoms with Crippen molar-refractivity contribution in [3.8, 4) is 0 Å². The zero-order valence-corrected chi connectivity index (χ0v) is 11.8. The highest BCUT2D eigenvalue weighted by molar-refractivity contribution is 14.1. The fraction of sp³-hybridized carbons (Fsp3) is 0.250. The molecule has 1 unspecified atom stereocenters. The lowest BCUT2D eigenvalue weighted by Crippen LogP contribution is -2.30. The van der Waals surface area contributed by atoms with E-state index in [0.29, 0.717) is 0 Å². The van der Waals surface area contributed by atoms with Crippen LogP contribution in [0.2, 0.25) is 0 Å². The van der Waals surface area contributed by atoms with E-state index in [1.165, 1.54) is 9.13 Å². The van der Waals surface area contributed by atoms with Crippen molar-refractivity contribution in [2.45, 2.75) is 12.5 Å². The summed E-state index contributed by atoms with van der Waals surface area (Å²) >= 11 is 2.30. The van der Waals surface area contributed by atoms with E-state index in [1.54, 1.807) is 6.20 Å². The van der Waals surface area contributed by atoms with Crippen molar-refractivity contribution in [1.29, 1.82) is 0 Å². The number of imidazole rings is 1. The van der Waals surface area contributed by atoms with E-state index in [4.69, 9.17) is 5.84 Å². The van der Waals surface area contributed by atoms with Crippen LogP contribution in [0.3, 0.4) is 0 Å². The molecule has 2 aromatic rings. The maximum Gasteiger partial charge on any atom is 0.110 e. The summed E-state index contributed by atoms with van der Waals surface area (Å²) in [7, 11) is 1.99. The van der Waals surface area contributed by atoms with Gasteiger partial charge < -0.3 is 4.57 Å². The Kier molecular flexibility index (Phi) is 4.14. The van der Waals surface area contributed by atoms with E-state index in [0.717, 1.165) is 12.2 Å². The number of hydrogen-bond acceptors (Lipinski definition) is 3. The number of hydrazine groups is 1. The summed E-state index contributed by atoms with van der Waals surface area (Å²) in [6.07, 6.45) is 4.52. The van der Waals surface area contributed by atoms with E-state index in [1.807, 2.05) is 23.9 Å². The van der Waals surface area contributed by atoms with Crippen LogP contribution in [0.25, 0.3) is 0 Å². The van der Waals surface area contributed by atoms with Gasteiger partial charge in [-0.25, -0.2) is 4.98 Å². The van der Waals surface area contributed by atoms with Gasteiger partial charge in [-0.15, -0.1) is 0 Å². The Morgan fingerprint density at radius 3 is 2.94 bits per heavy atom. The second-order valence-electron chi connectivity index (χ2n) is 3.93. The third-order valence-electron chi connectivity index (χ3n) is 2.76. The van der Waals surface area contributed by atoms with E-state index in [2.05, 4.69) is 51.2 Å². The molecule has 0 saturated heterocycles. The van der Waals surface area contributed by atoms with Gasteiger partial charge in [-0.05, 0) is 40.3 Å². The monoisotopic (exact) mass is 342 g/mol. The van der Waals surface area contributed by atoms with Crippen molar-refractivity contribution < 1.29 is 0 Å². The molecule has 2 rings (SSSR count). The largest absolute Gasteiger partial charge is 0.338 e. The number of rotatable bonds is 4. The van der Waals surface area contributed by atoms with E-state index in [9.17, 15) is 0 Å². The van der Waals surface area contributed by atoms with E-state index < -0.39 is 0 Å². The van der Waals surface area contributed by atoms with Crippen molar-refractivity contribution in [3.05, 3.63) is 51.6 Å². The second kappa shape index (κ2) is 5.61. The number of nitrogens with two attached hydrogens (primary N) is 1. The molecule has 1 aromatic carbocycles. The number of hydrogen-bond donors (Lipinski definition) is 2. The minimum absolute atomic E-state index is 0.0887. The quantitative estimate of drug-likeness (QED) is 0.506. The molecule has 1 atom stereocenters. The topological polar surface area (TPSA) is 55.9 Å². The number of aryl methyl sites for hydroxylation is 1. The molecular weight excluding hydrogens is 327 g/mol. The summed E-state index contributed by atoms with van der Waals surface area (Å²) in [4.78, 5) is 4.32. The Morgan fingerprint density at radius 2 is 2.35 bits per heavy atom. The summed E-state index contributed by atoms with van der Waals surface area (Å²) in [6, 6.07) is 8.41. The van der Waals surface area contributed by atoms with Crippen LogP contribution in [0.15, 0.2) is 36.7 Å². The molecule has 17 heavy (non-hydrogen) atoms. The Hall–Kier alpha value is -0.920. The van der Waals surface area contributed by atoms with Crippen LogP contribution in [-0.4, -0.2) is 9.55 Å². The van der Waals surface area contributed by atoms with Gasteiger partial charge in [-0.1, -0.05) is 12.1 Å². The van der Waals surface area contributed by atoms with Crippen molar-refractivity contribution in [2.75, 3.05) is 0 Å². The maximum atomic E-state index is 5.63. The molecule has 90 valence electrons. The molecule has 0 aliphatic heterocycles. The first-order chi connectivity index (χ1) is 8.20. The summed E-state index contributed by atoms with van der Waals surface area (Å²) < 4.78 is 3.22. The summed E-state index contributed by atoms with van der Waals surface area (Å²) in [5.74, 6) is 6.65. The smallest absolute Gasteiger partial charge is 0.110 e. The van der Waals surface area contributed by atoms with E-state index >= 15 is 0 Å². The molecule has 0 aliphatic carbocycles. The lowest BCUT2D eigenvalue weighted by molar-refractivity contribution is 0.530. The van der Waals surface area contributed by atoms with Crippen LogP contribution in [0.4, 0.5) is 0 Å². The molecule has 0 amide bonds. The van der Waals surface area contributed by atoms with Crippen molar-refractivity contribution >= 4 is 22.6 Å². The third-order valence-corrected chi connectivity index (χ3v) is 3.43. The molecule has 1 heterocycles. The molecule has 4 nitrogen and oxygen atoms in total. The Labute approximate surface area is 114 Å². The average Bonchev–Trinajstić information content (AvgIpc) is 2.71. The Morgan fingerprint density at radius 1 is 1.53 bits per heavy atom. The normalized spacial score (nSPS) is 12.6. The van der Waals surface area contributed by atoms with Gasteiger partial charge in [0.05, 0.1) is 6.04 Å². The summed E-state index contributed by atoms with van der Waals surface area (Å²) in [6.45, 7) is 0. The third kappa shape index (κ3) is 3.05. The van der Waals surface area contributed by atoms with Gasteiger partial charge in [0.1, 0.15) is 5.82 Å². The first kappa shape index (κ1) is 12.5. The van der Waals surface area contributed by atoms with Gasteiger partial charge in [0.25, 0.3) is 0 Å². The number of aromatic nitrogens is 2. The zero-order chi connectivity index (χ0) is 12.3. The average molecular weight is 342 g/mol. The molecule has 0 radical (unpaired) electrons. The first-order valence-electron chi connectivity index (χ1n) is 5.38. The first-order valence-corrected chi connectivity index (χ1v) is 6.46. The molecule has 5 heteroatoms. The number of halogens is 1. The lowest BCUT2D eigenvalue weighted by Gasteiger charge is -2.16. The van der Waals surface area contributed by atoms with Gasteiger partial charge in [-0.2, -0.15) is 0 Å². The van der Waals surface area contributed by atoms with Crippen LogP contribution < -0.4 is 11.3 Å². The highest BCUT2D eigenvalue weighted by Crippen LogP contribution is 2.18. The fourth-order valence-electron chi connectivity index (χ4n) is 1.77. The molecule has 0 aliphatic rings. The van der Waals surface area contributed by atoms with Crippen molar-refractivity contribution in [1.82, 2.24) is 15.0 Å². The van der Waals surface area contributed by atoms with Gasteiger partial charge in [0.2, 0.25) is 0 Å². The SMILES string of the molecule is Cn1ccnc1CC(NN)c1cccc(I)c1. The van der Waals surface area contributed by atoms with Crippen LogP contribution in [-0.2, 0) is 13.5 Å². The van der Waals surface area contributed by atoms with Gasteiger partial charge in [0, 0.05) is 29.4 Å². The molecule has 1 aromatic heterocycles. The summed E-state index contributed by atoms with van der Waals surface area (Å²) in [5, 5.41) is 0. The Bertz CT molecular complexity index is 495. The Balaban J connectivity index is 2.20. The molecule has 0 saturated carbocycles. The van der Waals surface area contributed by atoms with Crippen molar-refractivity contribution in [2.24, 2.45) is 12.9 Å². The highest BCUT2D eigenvalue weighted by atomic mass is 127. The molecule has 0 fully saturated rings. The van der Waals surface area contributed by atoms with Crippen LogP contribution in [0, 0.1) is 3.57 Å².